The Bertz CT molecular complexity index is 413. The van der Waals surface area contributed by atoms with Crippen molar-refractivity contribution in [3.8, 4) is 5.75 Å². The van der Waals surface area contributed by atoms with E-state index in [9.17, 15) is 0 Å². The van der Waals surface area contributed by atoms with E-state index in [0.29, 0.717) is 17.5 Å². The van der Waals surface area contributed by atoms with E-state index in [4.69, 9.17) is 4.74 Å². The number of para-hydroxylation sites is 1. The van der Waals surface area contributed by atoms with Crippen molar-refractivity contribution in [2.75, 3.05) is 7.11 Å². The van der Waals surface area contributed by atoms with Crippen LogP contribution in [-0.4, -0.2) is 19.2 Å². The first-order chi connectivity index (χ1) is 9.00. The largest absolute Gasteiger partial charge is 0.496 e. The van der Waals surface area contributed by atoms with E-state index in [1.807, 2.05) is 12.1 Å². The molecule has 1 aromatic rings. The third-order valence-electron chi connectivity index (χ3n) is 4.21. The summed E-state index contributed by atoms with van der Waals surface area (Å²) in [6.45, 7) is 7.02. The van der Waals surface area contributed by atoms with Crippen molar-refractivity contribution in [3.63, 3.8) is 0 Å². The van der Waals surface area contributed by atoms with Crippen LogP contribution < -0.4 is 10.1 Å². The molecule has 106 valence electrons. The lowest BCUT2D eigenvalue weighted by molar-refractivity contribution is 0.353. The zero-order chi connectivity index (χ0) is 13.9. The van der Waals surface area contributed by atoms with Crippen molar-refractivity contribution in [2.24, 2.45) is 5.41 Å². The fourth-order valence-electron chi connectivity index (χ4n) is 3.24. The van der Waals surface area contributed by atoms with Crippen LogP contribution >= 0.6 is 0 Å². The van der Waals surface area contributed by atoms with E-state index >= 15 is 0 Å². The predicted molar refractivity (Wildman–Crippen MR) is 80.7 cm³/mol. The molecule has 0 amide bonds. The Kier molecular flexibility index (Phi) is 4.51. The highest BCUT2D eigenvalue weighted by atomic mass is 16.5. The maximum atomic E-state index is 5.42. The molecule has 19 heavy (non-hydrogen) atoms. The van der Waals surface area contributed by atoms with Gasteiger partial charge in [0.05, 0.1) is 7.11 Å². The minimum Gasteiger partial charge on any atom is -0.496 e. The first-order valence-corrected chi connectivity index (χ1v) is 7.38. The highest BCUT2D eigenvalue weighted by Gasteiger charge is 2.31. The standard InChI is InChI=1S/C17H27NO/c1-13(18-15-9-10-17(2,3)12-15)11-14-7-5-6-8-16(14)19-4/h5-8,13,15,18H,9-12H2,1-4H3. The van der Waals surface area contributed by atoms with Crippen LogP contribution in [-0.2, 0) is 6.42 Å². The van der Waals surface area contributed by atoms with Crippen LogP contribution in [0.4, 0.5) is 0 Å². The Morgan fingerprint density at radius 2 is 2.11 bits per heavy atom. The number of ether oxygens (including phenoxy) is 1. The van der Waals surface area contributed by atoms with Gasteiger partial charge >= 0.3 is 0 Å². The SMILES string of the molecule is COc1ccccc1CC(C)NC1CCC(C)(C)C1. The summed E-state index contributed by atoms with van der Waals surface area (Å²) in [5, 5.41) is 3.78. The van der Waals surface area contributed by atoms with Crippen LogP contribution in [0.3, 0.4) is 0 Å². The van der Waals surface area contributed by atoms with Crippen LogP contribution in [0.15, 0.2) is 24.3 Å². The van der Waals surface area contributed by atoms with Gasteiger partial charge in [-0.3, -0.25) is 0 Å². The maximum absolute atomic E-state index is 5.42. The van der Waals surface area contributed by atoms with Gasteiger partial charge in [0, 0.05) is 12.1 Å². The lowest BCUT2D eigenvalue weighted by Gasteiger charge is -2.22. The predicted octanol–water partition coefficient (Wildman–Crippen LogP) is 3.79. The second-order valence-electron chi connectivity index (χ2n) is 6.69. The highest BCUT2D eigenvalue weighted by molar-refractivity contribution is 5.33. The summed E-state index contributed by atoms with van der Waals surface area (Å²) in [5.74, 6) is 1.00. The van der Waals surface area contributed by atoms with E-state index in [0.717, 1.165) is 12.2 Å². The van der Waals surface area contributed by atoms with Crippen molar-refractivity contribution in [3.05, 3.63) is 29.8 Å². The van der Waals surface area contributed by atoms with Crippen molar-refractivity contribution in [2.45, 2.75) is 58.5 Å². The number of hydrogen-bond acceptors (Lipinski definition) is 2. The lowest BCUT2D eigenvalue weighted by atomic mass is 9.91. The van der Waals surface area contributed by atoms with E-state index in [2.05, 4.69) is 38.2 Å². The van der Waals surface area contributed by atoms with Crippen LogP contribution in [0.25, 0.3) is 0 Å². The third kappa shape index (κ3) is 3.97. The zero-order valence-electron chi connectivity index (χ0n) is 12.7. The topological polar surface area (TPSA) is 21.3 Å². The molecule has 0 aromatic heterocycles. The molecule has 1 aliphatic rings. The summed E-state index contributed by atoms with van der Waals surface area (Å²) < 4.78 is 5.42. The Balaban J connectivity index is 1.89. The second kappa shape index (κ2) is 5.96. The van der Waals surface area contributed by atoms with Crippen molar-refractivity contribution in [1.82, 2.24) is 5.32 Å². The van der Waals surface area contributed by atoms with Gasteiger partial charge in [0.25, 0.3) is 0 Å². The molecule has 1 saturated carbocycles. The molecule has 0 heterocycles. The first-order valence-electron chi connectivity index (χ1n) is 7.38. The smallest absolute Gasteiger partial charge is 0.122 e. The fourth-order valence-corrected chi connectivity index (χ4v) is 3.24. The van der Waals surface area contributed by atoms with Crippen molar-refractivity contribution < 1.29 is 4.74 Å². The van der Waals surface area contributed by atoms with E-state index in [1.165, 1.54) is 24.8 Å². The Labute approximate surface area is 117 Å². The van der Waals surface area contributed by atoms with Crippen LogP contribution in [0.5, 0.6) is 5.75 Å². The summed E-state index contributed by atoms with van der Waals surface area (Å²) in [6.07, 6.45) is 4.97. The van der Waals surface area contributed by atoms with Crippen LogP contribution in [0, 0.1) is 5.41 Å². The van der Waals surface area contributed by atoms with E-state index in [-0.39, 0.29) is 0 Å². The second-order valence-corrected chi connectivity index (χ2v) is 6.69. The molecular weight excluding hydrogens is 234 g/mol. The lowest BCUT2D eigenvalue weighted by Crippen LogP contribution is -2.36. The van der Waals surface area contributed by atoms with Gasteiger partial charge < -0.3 is 10.1 Å². The van der Waals surface area contributed by atoms with Crippen molar-refractivity contribution >= 4 is 0 Å². The first kappa shape index (κ1) is 14.4. The average Bonchev–Trinajstić information content (AvgIpc) is 2.69. The molecule has 0 bridgehead atoms. The number of methoxy groups -OCH3 is 1. The Morgan fingerprint density at radius 1 is 1.37 bits per heavy atom. The molecule has 0 saturated heterocycles. The minimum atomic E-state index is 0.496. The van der Waals surface area contributed by atoms with Gasteiger partial charge in [0.15, 0.2) is 0 Å². The van der Waals surface area contributed by atoms with Gasteiger partial charge in [-0.1, -0.05) is 32.0 Å². The molecule has 2 rings (SSSR count). The number of hydrogen-bond donors (Lipinski definition) is 1. The molecule has 0 aliphatic heterocycles. The van der Waals surface area contributed by atoms with Gasteiger partial charge in [0.2, 0.25) is 0 Å². The van der Waals surface area contributed by atoms with Gasteiger partial charge in [-0.25, -0.2) is 0 Å². The van der Waals surface area contributed by atoms with E-state index in [1.54, 1.807) is 7.11 Å². The molecule has 1 fully saturated rings. The molecule has 1 aliphatic carbocycles. The Morgan fingerprint density at radius 3 is 2.74 bits per heavy atom. The third-order valence-corrected chi connectivity index (χ3v) is 4.21. The zero-order valence-corrected chi connectivity index (χ0v) is 12.7. The molecule has 0 spiro atoms. The van der Waals surface area contributed by atoms with Gasteiger partial charge in [0.1, 0.15) is 5.75 Å². The average molecular weight is 261 g/mol. The fraction of sp³-hybridized carbons (Fsp3) is 0.647. The molecule has 1 aromatic carbocycles. The molecular formula is C17H27NO. The number of rotatable bonds is 5. The minimum absolute atomic E-state index is 0.496. The summed E-state index contributed by atoms with van der Waals surface area (Å²) in [6, 6.07) is 9.49. The molecule has 0 radical (unpaired) electrons. The molecule has 2 heteroatoms. The number of benzene rings is 1. The molecule has 2 unspecified atom stereocenters. The molecule has 1 N–H and O–H groups in total. The number of nitrogens with one attached hydrogen (secondary N) is 1. The normalized spacial score (nSPS) is 23.3. The summed E-state index contributed by atoms with van der Waals surface area (Å²) in [7, 11) is 1.75. The summed E-state index contributed by atoms with van der Waals surface area (Å²) >= 11 is 0. The highest BCUT2D eigenvalue weighted by Crippen LogP contribution is 2.37. The molecule has 2 atom stereocenters. The monoisotopic (exact) mass is 261 g/mol. The van der Waals surface area contributed by atoms with Gasteiger partial charge in [-0.05, 0) is 49.7 Å². The summed E-state index contributed by atoms with van der Waals surface area (Å²) in [5.41, 5.74) is 1.81. The van der Waals surface area contributed by atoms with E-state index < -0.39 is 0 Å². The maximum Gasteiger partial charge on any atom is 0.122 e. The van der Waals surface area contributed by atoms with Crippen LogP contribution in [0.2, 0.25) is 0 Å². The Hall–Kier alpha value is -1.02. The van der Waals surface area contributed by atoms with Gasteiger partial charge in [-0.2, -0.15) is 0 Å². The summed E-state index contributed by atoms with van der Waals surface area (Å²) in [4.78, 5) is 0. The van der Waals surface area contributed by atoms with Gasteiger partial charge in [-0.15, -0.1) is 0 Å². The quantitative estimate of drug-likeness (QED) is 0.870. The molecule has 2 nitrogen and oxygen atoms in total. The van der Waals surface area contributed by atoms with Crippen molar-refractivity contribution in [1.29, 1.82) is 0 Å². The van der Waals surface area contributed by atoms with Crippen LogP contribution in [0.1, 0.15) is 45.6 Å².